The minimum absolute atomic E-state index is 0.0217. The minimum atomic E-state index is -0.678. The Balaban J connectivity index is 2.02. The van der Waals surface area contributed by atoms with Crippen LogP contribution >= 0.6 is 0 Å². The molecule has 3 aromatic carbocycles. The Bertz CT molecular complexity index is 1310. The molecule has 0 aliphatic heterocycles. The molecule has 5 nitrogen and oxygen atoms in total. The van der Waals surface area contributed by atoms with Gasteiger partial charge in [0.2, 0.25) is 0 Å². The Kier molecular flexibility index (Phi) is 4.38. The van der Waals surface area contributed by atoms with E-state index in [-0.39, 0.29) is 18.0 Å². The number of carbonyl (C=O) groups is 1. The molecule has 0 bridgehead atoms. The van der Waals surface area contributed by atoms with Crippen molar-refractivity contribution >= 4 is 27.7 Å². The summed E-state index contributed by atoms with van der Waals surface area (Å²) in [7, 11) is 0. The van der Waals surface area contributed by atoms with Crippen molar-refractivity contribution in [2.24, 2.45) is 0 Å². The third-order valence-electron chi connectivity index (χ3n) is 4.55. The van der Waals surface area contributed by atoms with Gasteiger partial charge in [0.1, 0.15) is 23.0 Å². The number of nitrogens with zero attached hydrogens (tertiary/aromatic N) is 1. The Morgan fingerprint density at radius 1 is 1.07 bits per heavy atom. The number of benzene rings is 3. The summed E-state index contributed by atoms with van der Waals surface area (Å²) in [6.45, 7) is 1.73. The van der Waals surface area contributed by atoms with Crippen LogP contribution in [-0.2, 0) is 4.79 Å². The van der Waals surface area contributed by atoms with E-state index in [2.05, 4.69) is 0 Å². The SMILES string of the molecule is CCC(=O)Oc1ccc2c(ccc3c(-c4ccccc4)c(C#N)c(=O)oc32)c1. The lowest BCUT2D eigenvalue weighted by molar-refractivity contribution is -0.134. The van der Waals surface area contributed by atoms with Crippen LogP contribution < -0.4 is 10.4 Å². The predicted octanol–water partition coefficient (Wildman–Crippen LogP) is 4.80. The molecule has 0 atom stereocenters. The lowest BCUT2D eigenvalue weighted by atomic mass is 9.95. The van der Waals surface area contributed by atoms with Crippen molar-refractivity contribution in [3.05, 3.63) is 76.6 Å². The third-order valence-corrected chi connectivity index (χ3v) is 4.55. The highest BCUT2D eigenvalue weighted by atomic mass is 16.5. The van der Waals surface area contributed by atoms with Crippen LogP contribution in [0.25, 0.3) is 32.9 Å². The largest absolute Gasteiger partial charge is 0.427 e. The van der Waals surface area contributed by atoms with Crippen LogP contribution in [0.5, 0.6) is 5.75 Å². The standard InChI is InChI=1S/C23H15NO4/c1-2-20(25)27-16-9-11-17-15(12-16)8-10-18-21(14-6-4-3-5-7-14)19(13-24)23(26)28-22(17)18/h3-12H,2H2,1H3. The second-order valence-electron chi connectivity index (χ2n) is 6.27. The second-order valence-corrected chi connectivity index (χ2v) is 6.27. The molecule has 5 heteroatoms. The summed E-state index contributed by atoms with van der Waals surface area (Å²) >= 11 is 0. The summed E-state index contributed by atoms with van der Waals surface area (Å²) in [5.74, 6) is 0.106. The smallest absolute Gasteiger partial charge is 0.354 e. The molecule has 0 unspecified atom stereocenters. The van der Waals surface area contributed by atoms with Crippen LogP contribution in [0.4, 0.5) is 0 Å². The number of esters is 1. The van der Waals surface area contributed by atoms with Crippen molar-refractivity contribution in [3.8, 4) is 22.9 Å². The molecule has 28 heavy (non-hydrogen) atoms. The molecule has 0 spiro atoms. The molecule has 0 fully saturated rings. The number of fused-ring (bicyclic) bond motifs is 3. The third kappa shape index (κ3) is 2.91. The summed E-state index contributed by atoms with van der Waals surface area (Å²) in [5, 5.41) is 11.7. The second kappa shape index (κ2) is 7.01. The monoisotopic (exact) mass is 369 g/mol. The molecule has 4 rings (SSSR count). The van der Waals surface area contributed by atoms with Crippen LogP contribution in [0.3, 0.4) is 0 Å². The highest BCUT2D eigenvalue weighted by molar-refractivity contribution is 6.10. The van der Waals surface area contributed by atoms with Crippen molar-refractivity contribution in [2.45, 2.75) is 13.3 Å². The van der Waals surface area contributed by atoms with Gasteiger partial charge in [-0.3, -0.25) is 4.79 Å². The van der Waals surface area contributed by atoms with Gasteiger partial charge in [-0.25, -0.2) is 4.79 Å². The highest BCUT2D eigenvalue weighted by Gasteiger charge is 2.18. The average Bonchev–Trinajstić information content (AvgIpc) is 2.73. The summed E-state index contributed by atoms with van der Waals surface area (Å²) in [6, 6.07) is 20.1. The lowest BCUT2D eigenvalue weighted by Gasteiger charge is -2.11. The quantitative estimate of drug-likeness (QED) is 0.224. The number of hydrogen-bond acceptors (Lipinski definition) is 5. The molecule has 1 heterocycles. The van der Waals surface area contributed by atoms with E-state index >= 15 is 0 Å². The Hall–Kier alpha value is -3.91. The van der Waals surface area contributed by atoms with Gasteiger partial charge in [0, 0.05) is 22.8 Å². The van der Waals surface area contributed by atoms with Crippen molar-refractivity contribution in [3.63, 3.8) is 0 Å². The maximum atomic E-state index is 12.5. The van der Waals surface area contributed by atoms with E-state index in [0.29, 0.717) is 27.7 Å². The van der Waals surface area contributed by atoms with Gasteiger partial charge < -0.3 is 9.15 Å². The number of ether oxygens (including phenoxy) is 1. The first-order chi connectivity index (χ1) is 13.6. The van der Waals surface area contributed by atoms with Gasteiger partial charge in [0.25, 0.3) is 0 Å². The summed E-state index contributed by atoms with van der Waals surface area (Å²) in [5.41, 5.74) is 1.02. The van der Waals surface area contributed by atoms with E-state index in [0.717, 1.165) is 10.9 Å². The van der Waals surface area contributed by atoms with Crippen LogP contribution in [0, 0.1) is 11.3 Å². The first-order valence-corrected chi connectivity index (χ1v) is 8.82. The van der Waals surface area contributed by atoms with Crippen molar-refractivity contribution in [1.29, 1.82) is 5.26 Å². The molecular weight excluding hydrogens is 354 g/mol. The van der Waals surface area contributed by atoms with E-state index in [1.54, 1.807) is 25.1 Å². The maximum Gasteiger partial charge on any atom is 0.354 e. The maximum absolute atomic E-state index is 12.5. The predicted molar refractivity (Wildman–Crippen MR) is 106 cm³/mol. The average molecular weight is 369 g/mol. The van der Waals surface area contributed by atoms with Gasteiger partial charge in [-0.2, -0.15) is 5.26 Å². The normalized spacial score (nSPS) is 10.7. The number of rotatable bonds is 3. The fraction of sp³-hybridized carbons (Fsp3) is 0.0870. The fourth-order valence-electron chi connectivity index (χ4n) is 3.24. The molecular formula is C23H15NO4. The first-order valence-electron chi connectivity index (χ1n) is 8.82. The van der Waals surface area contributed by atoms with E-state index in [1.165, 1.54) is 0 Å². The Morgan fingerprint density at radius 3 is 2.54 bits per heavy atom. The number of nitriles is 1. The number of carbonyl (C=O) groups excluding carboxylic acids is 1. The van der Waals surface area contributed by atoms with Crippen LogP contribution in [0.15, 0.2) is 69.9 Å². The van der Waals surface area contributed by atoms with Gasteiger partial charge in [0.15, 0.2) is 0 Å². The Labute approximate surface area is 160 Å². The van der Waals surface area contributed by atoms with Gasteiger partial charge >= 0.3 is 11.6 Å². The molecule has 0 radical (unpaired) electrons. The van der Waals surface area contributed by atoms with Gasteiger partial charge in [0.05, 0.1) is 0 Å². The van der Waals surface area contributed by atoms with E-state index in [1.807, 2.05) is 48.5 Å². The van der Waals surface area contributed by atoms with E-state index in [9.17, 15) is 14.9 Å². The zero-order valence-electron chi connectivity index (χ0n) is 15.1. The summed E-state index contributed by atoms with van der Waals surface area (Å²) < 4.78 is 10.8. The molecule has 0 N–H and O–H groups in total. The van der Waals surface area contributed by atoms with Crippen LogP contribution in [-0.4, -0.2) is 5.97 Å². The fourth-order valence-corrected chi connectivity index (χ4v) is 3.24. The molecule has 0 aliphatic rings. The summed E-state index contributed by atoms with van der Waals surface area (Å²) in [6.07, 6.45) is 0.280. The van der Waals surface area contributed by atoms with Crippen molar-refractivity contribution in [1.82, 2.24) is 0 Å². The molecule has 136 valence electrons. The van der Waals surface area contributed by atoms with Gasteiger partial charge in [-0.15, -0.1) is 0 Å². The summed E-state index contributed by atoms with van der Waals surface area (Å²) in [4.78, 5) is 24.0. The Morgan fingerprint density at radius 2 is 1.82 bits per heavy atom. The zero-order valence-corrected chi connectivity index (χ0v) is 15.1. The number of hydrogen-bond donors (Lipinski definition) is 0. The van der Waals surface area contributed by atoms with Crippen molar-refractivity contribution < 1.29 is 13.9 Å². The van der Waals surface area contributed by atoms with Gasteiger partial charge in [-0.05, 0) is 35.2 Å². The molecule has 0 aliphatic carbocycles. The molecule has 0 saturated heterocycles. The van der Waals surface area contributed by atoms with Crippen molar-refractivity contribution in [2.75, 3.05) is 0 Å². The van der Waals surface area contributed by atoms with Gasteiger partial charge in [-0.1, -0.05) is 43.3 Å². The highest BCUT2D eigenvalue weighted by Crippen LogP contribution is 2.35. The molecule has 4 aromatic rings. The molecule has 1 aromatic heterocycles. The minimum Gasteiger partial charge on any atom is -0.427 e. The lowest BCUT2D eigenvalue weighted by Crippen LogP contribution is -2.07. The van der Waals surface area contributed by atoms with E-state index in [4.69, 9.17) is 9.15 Å². The zero-order chi connectivity index (χ0) is 19.7. The first kappa shape index (κ1) is 17.5. The van der Waals surface area contributed by atoms with Crippen LogP contribution in [0.2, 0.25) is 0 Å². The van der Waals surface area contributed by atoms with Crippen LogP contribution in [0.1, 0.15) is 18.9 Å². The van der Waals surface area contributed by atoms with E-state index < -0.39 is 5.63 Å². The topological polar surface area (TPSA) is 80.3 Å². The molecule has 0 saturated carbocycles. The molecule has 0 amide bonds.